The first-order valence-corrected chi connectivity index (χ1v) is 10.5. The Morgan fingerprint density at radius 2 is 1.60 bits per heavy atom. The number of ether oxygens (including phenoxy) is 1. The van der Waals surface area contributed by atoms with Gasteiger partial charge in [0.25, 0.3) is 5.91 Å². The van der Waals surface area contributed by atoms with E-state index in [-0.39, 0.29) is 18.4 Å². The number of benzene rings is 3. The van der Waals surface area contributed by atoms with Crippen LogP contribution in [-0.4, -0.2) is 25.5 Å². The molecule has 0 spiro atoms. The van der Waals surface area contributed by atoms with Gasteiger partial charge in [-0.05, 0) is 42.5 Å². The van der Waals surface area contributed by atoms with Gasteiger partial charge in [0.15, 0.2) is 0 Å². The molecule has 5 nitrogen and oxygen atoms in total. The number of methoxy groups -OCH3 is 1. The van der Waals surface area contributed by atoms with E-state index in [0.717, 1.165) is 15.5 Å². The van der Waals surface area contributed by atoms with Gasteiger partial charge in [0.05, 0.1) is 19.3 Å². The summed E-state index contributed by atoms with van der Waals surface area (Å²) in [5.41, 5.74) is 1.21. The number of carbonyl (C=O) groups excluding carboxylic acids is 2. The fourth-order valence-electron chi connectivity index (χ4n) is 2.50. The summed E-state index contributed by atoms with van der Waals surface area (Å²) in [6.07, 6.45) is 0. The second kappa shape index (κ2) is 12.3. The zero-order valence-corrected chi connectivity index (χ0v) is 18.2. The van der Waals surface area contributed by atoms with Crippen LogP contribution in [-0.2, 0) is 4.79 Å². The van der Waals surface area contributed by atoms with Crippen molar-refractivity contribution in [2.24, 2.45) is 0 Å². The highest BCUT2D eigenvalue weighted by molar-refractivity contribution is 7.99. The molecule has 0 fully saturated rings. The normalized spacial score (nSPS) is 9.70. The van der Waals surface area contributed by atoms with Gasteiger partial charge in [0.1, 0.15) is 5.75 Å². The van der Waals surface area contributed by atoms with Gasteiger partial charge in [-0.3, -0.25) is 9.59 Å². The van der Waals surface area contributed by atoms with Crippen LogP contribution in [0.1, 0.15) is 24.2 Å². The molecular formula is C24H26N2O3S. The Morgan fingerprint density at radius 1 is 0.900 bits per heavy atom. The average molecular weight is 423 g/mol. The lowest BCUT2D eigenvalue weighted by Crippen LogP contribution is -2.32. The summed E-state index contributed by atoms with van der Waals surface area (Å²) in [5, 5.41) is 5.49. The second-order valence-corrected chi connectivity index (χ2v) is 6.99. The van der Waals surface area contributed by atoms with Crippen molar-refractivity contribution >= 4 is 29.3 Å². The molecule has 2 N–H and O–H groups in total. The molecule has 0 aliphatic carbocycles. The third-order valence-corrected chi connectivity index (χ3v) is 4.94. The molecule has 3 aromatic rings. The van der Waals surface area contributed by atoms with E-state index in [1.807, 2.05) is 68.4 Å². The van der Waals surface area contributed by atoms with Gasteiger partial charge in [-0.25, -0.2) is 0 Å². The Morgan fingerprint density at radius 3 is 2.33 bits per heavy atom. The van der Waals surface area contributed by atoms with Crippen molar-refractivity contribution in [1.82, 2.24) is 5.32 Å². The standard InChI is InChI=1S/C22H20N2O3S.C2H6/c1-27-17-10-7-11-18(14-17)28-20-13-6-5-12-19(20)24-21(25)15-23-22(26)16-8-3-2-4-9-16;1-2/h2-14H,15H2,1H3,(H,23,26)(H,24,25);1-2H3. The van der Waals surface area contributed by atoms with E-state index in [2.05, 4.69) is 10.6 Å². The molecule has 3 aromatic carbocycles. The maximum atomic E-state index is 12.3. The minimum atomic E-state index is -0.289. The van der Waals surface area contributed by atoms with Crippen molar-refractivity contribution in [1.29, 1.82) is 0 Å². The Kier molecular flexibility index (Phi) is 9.48. The molecule has 3 rings (SSSR count). The van der Waals surface area contributed by atoms with Gasteiger partial charge >= 0.3 is 0 Å². The zero-order valence-electron chi connectivity index (χ0n) is 17.3. The van der Waals surface area contributed by atoms with Crippen LogP contribution in [0.15, 0.2) is 88.7 Å². The first-order chi connectivity index (χ1) is 14.7. The van der Waals surface area contributed by atoms with E-state index in [9.17, 15) is 9.59 Å². The summed E-state index contributed by atoms with van der Waals surface area (Å²) in [6.45, 7) is 3.89. The third kappa shape index (κ3) is 6.97. The van der Waals surface area contributed by atoms with Gasteiger partial charge in [-0.2, -0.15) is 0 Å². The van der Waals surface area contributed by atoms with Crippen LogP contribution in [0.5, 0.6) is 5.75 Å². The minimum absolute atomic E-state index is 0.105. The van der Waals surface area contributed by atoms with Crippen molar-refractivity contribution < 1.29 is 14.3 Å². The lowest BCUT2D eigenvalue weighted by Gasteiger charge is -2.12. The van der Waals surface area contributed by atoms with Crippen molar-refractivity contribution in [2.45, 2.75) is 23.6 Å². The summed E-state index contributed by atoms with van der Waals surface area (Å²) >= 11 is 1.52. The Hall–Kier alpha value is -3.25. The monoisotopic (exact) mass is 422 g/mol. The number of para-hydroxylation sites is 1. The van der Waals surface area contributed by atoms with E-state index in [0.29, 0.717) is 11.3 Å². The predicted molar refractivity (Wildman–Crippen MR) is 122 cm³/mol. The van der Waals surface area contributed by atoms with Crippen LogP contribution in [0.2, 0.25) is 0 Å². The first kappa shape index (κ1) is 23.0. The first-order valence-electron chi connectivity index (χ1n) is 9.70. The van der Waals surface area contributed by atoms with E-state index in [1.165, 1.54) is 11.8 Å². The minimum Gasteiger partial charge on any atom is -0.497 e. The van der Waals surface area contributed by atoms with Crippen LogP contribution < -0.4 is 15.4 Å². The fraction of sp³-hybridized carbons (Fsp3) is 0.167. The molecular weight excluding hydrogens is 396 g/mol. The van der Waals surface area contributed by atoms with Gasteiger partial charge in [-0.1, -0.05) is 62.0 Å². The van der Waals surface area contributed by atoms with Gasteiger partial charge < -0.3 is 15.4 Å². The van der Waals surface area contributed by atoms with Crippen LogP contribution in [0.3, 0.4) is 0 Å². The highest BCUT2D eigenvalue weighted by Crippen LogP contribution is 2.34. The molecule has 0 saturated heterocycles. The molecule has 0 unspecified atom stereocenters. The lowest BCUT2D eigenvalue weighted by molar-refractivity contribution is -0.115. The molecule has 6 heteroatoms. The number of rotatable bonds is 7. The summed E-state index contributed by atoms with van der Waals surface area (Å²) in [4.78, 5) is 26.3. The predicted octanol–water partition coefficient (Wildman–Crippen LogP) is 5.24. The molecule has 0 bridgehead atoms. The quantitative estimate of drug-likeness (QED) is 0.546. The summed E-state index contributed by atoms with van der Waals surface area (Å²) in [5.74, 6) is 0.202. The number of carbonyl (C=O) groups is 2. The fourth-order valence-corrected chi connectivity index (χ4v) is 3.45. The van der Waals surface area contributed by atoms with Gasteiger partial charge in [0.2, 0.25) is 5.91 Å². The number of hydrogen-bond donors (Lipinski definition) is 2. The molecule has 0 aliphatic rings. The summed E-state index contributed by atoms with van der Waals surface area (Å²) < 4.78 is 5.25. The Bertz CT molecular complexity index is 961. The molecule has 156 valence electrons. The van der Waals surface area contributed by atoms with E-state index < -0.39 is 0 Å². The van der Waals surface area contributed by atoms with Crippen molar-refractivity contribution in [3.8, 4) is 5.75 Å². The van der Waals surface area contributed by atoms with Crippen LogP contribution in [0.4, 0.5) is 5.69 Å². The highest BCUT2D eigenvalue weighted by atomic mass is 32.2. The smallest absolute Gasteiger partial charge is 0.251 e. The molecule has 2 amide bonds. The topological polar surface area (TPSA) is 67.4 Å². The molecule has 0 heterocycles. The molecule has 30 heavy (non-hydrogen) atoms. The molecule has 0 aromatic heterocycles. The lowest BCUT2D eigenvalue weighted by atomic mass is 10.2. The number of amides is 2. The molecule has 0 saturated carbocycles. The third-order valence-electron chi connectivity index (χ3n) is 3.88. The molecule has 0 radical (unpaired) electrons. The number of nitrogens with one attached hydrogen (secondary N) is 2. The maximum Gasteiger partial charge on any atom is 0.251 e. The van der Waals surface area contributed by atoms with Crippen molar-refractivity contribution in [3.63, 3.8) is 0 Å². The van der Waals surface area contributed by atoms with Gasteiger partial charge in [0, 0.05) is 15.4 Å². The summed E-state index contributed by atoms with van der Waals surface area (Å²) in [6, 6.07) is 24.0. The largest absolute Gasteiger partial charge is 0.497 e. The Balaban J connectivity index is 0.00000155. The second-order valence-electron chi connectivity index (χ2n) is 5.87. The summed E-state index contributed by atoms with van der Waals surface area (Å²) in [7, 11) is 1.63. The Labute approximate surface area is 181 Å². The van der Waals surface area contributed by atoms with Crippen molar-refractivity contribution in [2.75, 3.05) is 19.0 Å². The highest BCUT2D eigenvalue weighted by Gasteiger charge is 2.10. The average Bonchev–Trinajstić information content (AvgIpc) is 2.81. The zero-order chi connectivity index (χ0) is 21.8. The van der Waals surface area contributed by atoms with E-state index in [4.69, 9.17) is 4.74 Å². The number of hydrogen-bond acceptors (Lipinski definition) is 4. The van der Waals surface area contributed by atoms with E-state index >= 15 is 0 Å². The number of anilines is 1. The van der Waals surface area contributed by atoms with Crippen molar-refractivity contribution in [3.05, 3.63) is 84.4 Å². The van der Waals surface area contributed by atoms with Crippen LogP contribution >= 0.6 is 11.8 Å². The van der Waals surface area contributed by atoms with Crippen LogP contribution in [0, 0.1) is 0 Å². The van der Waals surface area contributed by atoms with Gasteiger partial charge in [-0.15, -0.1) is 0 Å². The SMILES string of the molecule is CC.COc1cccc(Sc2ccccc2NC(=O)CNC(=O)c2ccccc2)c1. The molecule has 0 atom stereocenters. The maximum absolute atomic E-state index is 12.3. The molecule has 0 aliphatic heterocycles. The van der Waals surface area contributed by atoms with E-state index in [1.54, 1.807) is 31.4 Å². The van der Waals surface area contributed by atoms with Crippen LogP contribution in [0.25, 0.3) is 0 Å².